The molecule has 0 unspecified atom stereocenters. The van der Waals surface area contributed by atoms with Crippen molar-refractivity contribution in [1.82, 2.24) is 5.32 Å². The van der Waals surface area contributed by atoms with Gasteiger partial charge >= 0.3 is 0 Å². The lowest BCUT2D eigenvalue weighted by atomic mass is 10.2. The molecule has 0 heterocycles. The molecule has 0 saturated heterocycles. The summed E-state index contributed by atoms with van der Waals surface area (Å²) in [6, 6.07) is 10.1. The summed E-state index contributed by atoms with van der Waals surface area (Å²) in [5.41, 5.74) is 1.61. The molecular weight excluding hydrogens is 312 g/mol. The number of benzene rings is 2. The highest BCUT2D eigenvalue weighted by Gasteiger charge is 2.09. The van der Waals surface area contributed by atoms with Gasteiger partial charge in [-0.15, -0.1) is 0 Å². The van der Waals surface area contributed by atoms with Crippen molar-refractivity contribution in [3.8, 4) is 5.75 Å². The highest BCUT2D eigenvalue weighted by atomic mass is 35.5. The summed E-state index contributed by atoms with van der Waals surface area (Å²) in [6.07, 6.45) is 0. The van der Waals surface area contributed by atoms with E-state index in [1.807, 2.05) is 25.1 Å². The van der Waals surface area contributed by atoms with Gasteiger partial charge in [-0.1, -0.05) is 42.3 Å². The predicted octanol–water partition coefficient (Wildman–Crippen LogP) is 4.82. The van der Waals surface area contributed by atoms with E-state index >= 15 is 0 Å². The third kappa shape index (κ3) is 4.34. The molecule has 112 valence electrons. The Morgan fingerprint density at radius 1 is 1.14 bits per heavy atom. The molecule has 0 aliphatic heterocycles. The van der Waals surface area contributed by atoms with Crippen LogP contribution in [0.2, 0.25) is 10.0 Å². The zero-order valence-electron chi connectivity index (χ0n) is 11.6. The van der Waals surface area contributed by atoms with Crippen molar-refractivity contribution >= 4 is 23.2 Å². The zero-order chi connectivity index (χ0) is 15.2. The second-order valence-corrected chi connectivity index (χ2v) is 5.35. The minimum absolute atomic E-state index is 0.106. The van der Waals surface area contributed by atoms with Gasteiger partial charge in [0, 0.05) is 17.1 Å². The van der Waals surface area contributed by atoms with Crippen LogP contribution in [0.1, 0.15) is 18.1 Å². The molecule has 0 fully saturated rings. The third-order valence-electron chi connectivity index (χ3n) is 3.01. The molecule has 0 spiro atoms. The summed E-state index contributed by atoms with van der Waals surface area (Å²) in [5, 5.41) is 3.97. The number of rotatable bonds is 6. The predicted molar refractivity (Wildman–Crippen MR) is 84.6 cm³/mol. The van der Waals surface area contributed by atoms with Crippen LogP contribution >= 0.6 is 23.2 Å². The maximum Gasteiger partial charge on any atom is 0.142 e. The average molecular weight is 328 g/mol. The molecule has 0 aromatic heterocycles. The van der Waals surface area contributed by atoms with Gasteiger partial charge in [0.25, 0.3) is 0 Å². The van der Waals surface area contributed by atoms with E-state index in [4.69, 9.17) is 27.9 Å². The minimum atomic E-state index is -0.447. The monoisotopic (exact) mass is 327 g/mol. The lowest BCUT2D eigenvalue weighted by molar-refractivity contribution is 0.301. The lowest BCUT2D eigenvalue weighted by Gasteiger charge is -2.13. The second-order valence-electron chi connectivity index (χ2n) is 4.53. The van der Waals surface area contributed by atoms with Gasteiger partial charge in [-0.3, -0.25) is 0 Å². The molecule has 1 N–H and O–H groups in total. The highest BCUT2D eigenvalue weighted by molar-refractivity contribution is 6.31. The SMILES string of the molecule is CCNCc1c(Cl)cccc1OCc1ccc(Cl)c(F)c1. The fourth-order valence-electron chi connectivity index (χ4n) is 1.89. The summed E-state index contributed by atoms with van der Waals surface area (Å²) in [5.74, 6) is 0.246. The fourth-order valence-corrected chi connectivity index (χ4v) is 2.24. The molecular formula is C16H16Cl2FNO. The first kappa shape index (κ1) is 16.1. The van der Waals surface area contributed by atoms with E-state index in [2.05, 4.69) is 5.32 Å². The van der Waals surface area contributed by atoms with Crippen LogP contribution < -0.4 is 10.1 Å². The van der Waals surface area contributed by atoms with E-state index < -0.39 is 5.82 Å². The Morgan fingerprint density at radius 3 is 2.67 bits per heavy atom. The lowest BCUT2D eigenvalue weighted by Crippen LogP contribution is -2.13. The summed E-state index contributed by atoms with van der Waals surface area (Å²) < 4.78 is 19.2. The van der Waals surface area contributed by atoms with Crippen LogP contribution in [-0.4, -0.2) is 6.54 Å². The molecule has 21 heavy (non-hydrogen) atoms. The van der Waals surface area contributed by atoms with Crippen LogP contribution in [0.5, 0.6) is 5.75 Å². The topological polar surface area (TPSA) is 21.3 Å². The first-order valence-electron chi connectivity index (χ1n) is 6.66. The Morgan fingerprint density at radius 2 is 1.95 bits per heavy atom. The van der Waals surface area contributed by atoms with Gasteiger partial charge in [-0.25, -0.2) is 4.39 Å². The normalized spacial score (nSPS) is 10.7. The van der Waals surface area contributed by atoms with Gasteiger partial charge in [0.2, 0.25) is 0 Å². The fraction of sp³-hybridized carbons (Fsp3) is 0.250. The molecule has 0 radical (unpaired) electrons. The van der Waals surface area contributed by atoms with Crippen molar-refractivity contribution in [3.63, 3.8) is 0 Å². The van der Waals surface area contributed by atoms with E-state index in [0.29, 0.717) is 22.9 Å². The van der Waals surface area contributed by atoms with Crippen LogP contribution in [0.25, 0.3) is 0 Å². The molecule has 5 heteroatoms. The van der Waals surface area contributed by atoms with Gasteiger partial charge in [0.1, 0.15) is 18.2 Å². The summed E-state index contributed by atoms with van der Waals surface area (Å²) in [4.78, 5) is 0. The smallest absolute Gasteiger partial charge is 0.142 e. The van der Waals surface area contributed by atoms with E-state index in [1.165, 1.54) is 12.1 Å². The molecule has 0 aliphatic rings. The van der Waals surface area contributed by atoms with Crippen LogP contribution in [0, 0.1) is 5.82 Å². The Bertz CT molecular complexity index is 619. The Balaban J connectivity index is 2.12. The van der Waals surface area contributed by atoms with Crippen molar-refractivity contribution < 1.29 is 9.13 Å². The van der Waals surface area contributed by atoms with Gasteiger partial charge in [0.05, 0.1) is 5.02 Å². The number of hydrogen-bond donors (Lipinski definition) is 1. The molecule has 0 saturated carbocycles. The number of hydrogen-bond acceptors (Lipinski definition) is 2. The first-order chi connectivity index (χ1) is 10.1. The average Bonchev–Trinajstić information content (AvgIpc) is 2.47. The van der Waals surface area contributed by atoms with E-state index in [1.54, 1.807) is 6.07 Å². The van der Waals surface area contributed by atoms with Crippen LogP contribution in [0.3, 0.4) is 0 Å². The molecule has 0 aliphatic carbocycles. The Hall–Kier alpha value is -1.29. The van der Waals surface area contributed by atoms with Crippen LogP contribution in [0.4, 0.5) is 4.39 Å². The summed E-state index contributed by atoms with van der Waals surface area (Å²) >= 11 is 11.9. The number of ether oxygens (including phenoxy) is 1. The molecule has 0 bridgehead atoms. The quantitative estimate of drug-likeness (QED) is 0.821. The van der Waals surface area contributed by atoms with Gasteiger partial charge in [-0.2, -0.15) is 0 Å². The Kier molecular flexibility index (Phi) is 5.85. The first-order valence-corrected chi connectivity index (χ1v) is 7.42. The van der Waals surface area contributed by atoms with Crippen molar-refractivity contribution in [2.75, 3.05) is 6.54 Å². The van der Waals surface area contributed by atoms with E-state index in [-0.39, 0.29) is 11.6 Å². The minimum Gasteiger partial charge on any atom is -0.489 e. The van der Waals surface area contributed by atoms with Crippen molar-refractivity contribution in [2.45, 2.75) is 20.1 Å². The zero-order valence-corrected chi connectivity index (χ0v) is 13.1. The number of nitrogens with one attached hydrogen (secondary N) is 1. The highest BCUT2D eigenvalue weighted by Crippen LogP contribution is 2.27. The Labute approximate surface area is 133 Å². The second kappa shape index (κ2) is 7.64. The van der Waals surface area contributed by atoms with Crippen molar-refractivity contribution in [3.05, 3.63) is 63.4 Å². The maximum absolute atomic E-state index is 13.4. The number of halogens is 3. The van der Waals surface area contributed by atoms with Crippen molar-refractivity contribution in [2.24, 2.45) is 0 Å². The van der Waals surface area contributed by atoms with Gasteiger partial charge in [-0.05, 0) is 36.4 Å². The van der Waals surface area contributed by atoms with E-state index in [0.717, 1.165) is 12.1 Å². The largest absolute Gasteiger partial charge is 0.489 e. The van der Waals surface area contributed by atoms with Crippen LogP contribution in [-0.2, 0) is 13.2 Å². The third-order valence-corrected chi connectivity index (χ3v) is 3.67. The molecule has 0 amide bonds. The van der Waals surface area contributed by atoms with Crippen molar-refractivity contribution in [1.29, 1.82) is 0 Å². The molecule has 2 rings (SSSR count). The maximum atomic E-state index is 13.4. The molecule has 2 aromatic rings. The van der Waals surface area contributed by atoms with Crippen LogP contribution in [0.15, 0.2) is 36.4 Å². The van der Waals surface area contributed by atoms with E-state index in [9.17, 15) is 4.39 Å². The summed E-state index contributed by atoms with van der Waals surface area (Å²) in [7, 11) is 0. The summed E-state index contributed by atoms with van der Waals surface area (Å²) in [6.45, 7) is 3.75. The molecule has 2 nitrogen and oxygen atoms in total. The standard InChI is InChI=1S/C16H16Cl2FNO/c1-2-20-9-12-13(17)4-3-5-16(12)21-10-11-6-7-14(18)15(19)8-11/h3-8,20H,2,9-10H2,1H3. The van der Waals surface area contributed by atoms with Gasteiger partial charge < -0.3 is 10.1 Å². The van der Waals surface area contributed by atoms with Gasteiger partial charge in [0.15, 0.2) is 0 Å². The molecule has 0 atom stereocenters. The molecule has 2 aromatic carbocycles.